The van der Waals surface area contributed by atoms with E-state index in [1.165, 1.54) is 32.5 Å². The number of nitrogens with one attached hydrogen (secondary N) is 1. The second-order valence-corrected chi connectivity index (χ2v) is 11.1. The molecule has 1 saturated carbocycles. The number of rotatable bonds is 6. The molecule has 3 fully saturated rings. The molecule has 1 aliphatic carbocycles. The Balaban J connectivity index is 1.16. The minimum atomic E-state index is -0.00810. The van der Waals surface area contributed by atoms with Gasteiger partial charge in [-0.05, 0) is 83.8 Å². The number of piperazine rings is 1. The van der Waals surface area contributed by atoms with Crippen molar-refractivity contribution in [2.24, 2.45) is 5.92 Å². The first-order valence-electron chi connectivity index (χ1n) is 13.1. The summed E-state index contributed by atoms with van der Waals surface area (Å²) in [7, 11) is 2.24. The van der Waals surface area contributed by atoms with Crippen molar-refractivity contribution in [3.05, 3.63) is 30.6 Å². The van der Waals surface area contributed by atoms with E-state index in [0.29, 0.717) is 6.04 Å². The minimum absolute atomic E-state index is 0.00810. The Labute approximate surface area is 207 Å². The standard InChI is InChI=1S/C27H37N7O/c1-19-16-34(13-12-33(19)17-20-6-10-32(3)11-7-20)25-15-24(28-18-29-25)26-22-14-21(35-27(2)8-9-27)4-5-23(22)30-31-26/h4-5,14-15,18-20H,6-13,16-17H2,1-3H3,(H,30,31)/t19-/m0/s1. The van der Waals surface area contributed by atoms with Crippen molar-refractivity contribution in [3.8, 4) is 17.1 Å². The fraction of sp³-hybridized carbons (Fsp3) is 0.593. The molecule has 0 radical (unpaired) electrons. The molecule has 0 amide bonds. The molecule has 1 N–H and O–H groups in total. The third-order valence-electron chi connectivity index (χ3n) is 8.17. The van der Waals surface area contributed by atoms with Crippen molar-refractivity contribution >= 4 is 16.7 Å². The van der Waals surface area contributed by atoms with E-state index in [2.05, 4.69) is 67.9 Å². The van der Waals surface area contributed by atoms with Crippen LogP contribution >= 0.6 is 0 Å². The van der Waals surface area contributed by atoms with Crippen LogP contribution < -0.4 is 9.64 Å². The smallest absolute Gasteiger partial charge is 0.132 e. The Kier molecular flexibility index (Phi) is 5.89. The van der Waals surface area contributed by atoms with Gasteiger partial charge in [0, 0.05) is 43.7 Å². The maximum atomic E-state index is 6.19. The molecule has 0 unspecified atom stereocenters. The summed E-state index contributed by atoms with van der Waals surface area (Å²) in [5, 5.41) is 8.79. The fourth-order valence-corrected chi connectivity index (χ4v) is 5.51. The zero-order valence-electron chi connectivity index (χ0n) is 21.2. The van der Waals surface area contributed by atoms with Gasteiger partial charge in [-0.3, -0.25) is 10.00 Å². The van der Waals surface area contributed by atoms with Gasteiger partial charge < -0.3 is 14.5 Å². The van der Waals surface area contributed by atoms with E-state index in [9.17, 15) is 0 Å². The maximum Gasteiger partial charge on any atom is 0.132 e. The number of hydrogen-bond donors (Lipinski definition) is 1. The first-order valence-corrected chi connectivity index (χ1v) is 13.1. The topological polar surface area (TPSA) is 73.4 Å². The van der Waals surface area contributed by atoms with Gasteiger partial charge in [-0.1, -0.05) is 0 Å². The van der Waals surface area contributed by atoms with Crippen LogP contribution in [0.4, 0.5) is 5.82 Å². The quantitative estimate of drug-likeness (QED) is 0.581. The van der Waals surface area contributed by atoms with Gasteiger partial charge in [0.1, 0.15) is 29.2 Å². The molecule has 3 aliphatic rings. The average Bonchev–Trinajstić information content (AvgIpc) is 3.43. The van der Waals surface area contributed by atoms with Crippen LogP contribution in [0.2, 0.25) is 0 Å². The molecule has 2 saturated heterocycles. The van der Waals surface area contributed by atoms with Crippen molar-refractivity contribution in [1.82, 2.24) is 30.0 Å². The Hall–Kier alpha value is -2.71. The molecule has 1 atom stereocenters. The van der Waals surface area contributed by atoms with Crippen molar-refractivity contribution in [3.63, 3.8) is 0 Å². The Bertz CT molecular complexity index is 1180. The number of H-pyrrole nitrogens is 1. The molecular formula is C27H37N7O. The number of piperidine rings is 1. The van der Waals surface area contributed by atoms with Crippen molar-refractivity contribution in [2.75, 3.05) is 51.2 Å². The third kappa shape index (κ3) is 4.86. The average molecular weight is 476 g/mol. The molecule has 0 bridgehead atoms. The highest BCUT2D eigenvalue weighted by atomic mass is 16.5. The molecule has 1 aromatic carbocycles. The number of likely N-dealkylation sites (tertiary alicyclic amines) is 1. The number of nitrogens with zero attached hydrogens (tertiary/aromatic N) is 6. The number of ether oxygens (including phenoxy) is 1. The molecule has 4 heterocycles. The highest BCUT2D eigenvalue weighted by Crippen LogP contribution is 2.40. The number of aromatic amines is 1. The molecule has 6 rings (SSSR count). The zero-order chi connectivity index (χ0) is 24.0. The lowest BCUT2D eigenvalue weighted by Crippen LogP contribution is -2.53. The van der Waals surface area contributed by atoms with Gasteiger partial charge in [0.25, 0.3) is 0 Å². The highest BCUT2D eigenvalue weighted by molar-refractivity contribution is 5.93. The van der Waals surface area contributed by atoms with Crippen LogP contribution in [0.15, 0.2) is 30.6 Å². The molecule has 2 aromatic heterocycles. The largest absolute Gasteiger partial charge is 0.488 e. The summed E-state index contributed by atoms with van der Waals surface area (Å²) in [5.41, 5.74) is 2.68. The van der Waals surface area contributed by atoms with Crippen LogP contribution in [0.3, 0.4) is 0 Å². The first-order chi connectivity index (χ1) is 17.0. The lowest BCUT2D eigenvalue weighted by atomic mass is 9.95. The van der Waals surface area contributed by atoms with E-state index in [1.807, 2.05) is 12.1 Å². The molecule has 8 nitrogen and oxygen atoms in total. The lowest BCUT2D eigenvalue weighted by molar-refractivity contribution is 0.124. The Morgan fingerprint density at radius 2 is 1.91 bits per heavy atom. The Morgan fingerprint density at radius 3 is 2.69 bits per heavy atom. The zero-order valence-corrected chi connectivity index (χ0v) is 21.2. The SMILES string of the molecule is C[C@H]1CN(c2cc(-c3n[nH]c4ccc(OC5(C)CC5)cc34)ncn2)CCN1CC1CCN(C)CC1. The monoisotopic (exact) mass is 475 g/mol. The number of hydrogen-bond acceptors (Lipinski definition) is 7. The molecule has 186 valence electrons. The van der Waals surface area contributed by atoms with Crippen LogP contribution in [0.5, 0.6) is 5.75 Å². The maximum absolute atomic E-state index is 6.19. The number of aromatic nitrogens is 4. The fourth-order valence-electron chi connectivity index (χ4n) is 5.51. The second kappa shape index (κ2) is 9.06. The van der Waals surface area contributed by atoms with E-state index in [4.69, 9.17) is 4.74 Å². The molecule has 3 aromatic rings. The summed E-state index contributed by atoms with van der Waals surface area (Å²) in [4.78, 5) is 16.8. The summed E-state index contributed by atoms with van der Waals surface area (Å²) < 4.78 is 6.19. The van der Waals surface area contributed by atoms with Gasteiger partial charge in [0.15, 0.2) is 0 Å². The molecule has 8 heteroatoms. The van der Waals surface area contributed by atoms with E-state index in [-0.39, 0.29) is 5.60 Å². The van der Waals surface area contributed by atoms with Gasteiger partial charge in [0.05, 0.1) is 11.2 Å². The summed E-state index contributed by atoms with van der Waals surface area (Å²) >= 11 is 0. The summed E-state index contributed by atoms with van der Waals surface area (Å²) in [6.45, 7) is 11.3. The lowest BCUT2D eigenvalue weighted by Gasteiger charge is -2.42. The highest BCUT2D eigenvalue weighted by Gasteiger charge is 2.40. The van der Waals surface area contributed by atoms with Gasteiger partial charge in [-0.2, -0.15) is 5.10 Å². The van der Waals surface area contributed by atoms with Crippen LogP contribution in [0, 0.1) is 5.92 Å². The van der Waals surface area contributed by atoms with E-state index < -0.39 is 0 Å². The molecule has 2 aliphatic heterocycles. The number of anilines is 1. The molecule has 0 spiro atoms. The predicted molar refractivity (Wildman–Crippen MR) is 139 cm³/mol. The van der Waals surface area contributed by atoms with E-state index in [0.717, 1.165) is 72.3 Å². The van der Waals surface area contributed by atoms with Gasteiger partial charge in [0.2, 0.25) is 0 Å². The van der Waals surface area contributed by atoms with Crippen LogP contribution in [0.25, 0.3) is 22.3 Å². The molecule has 35 heavy (non-hydrogen) atoms. The molecular weight excluding hydrogens is 438 g/mol. The second-order valence-electron chi connectivity index (χ2n) is 11.1. The van der Waals surface area contributed by atoms with Crippen molar-refractivity contribution in [2.45, 2.75) is 51.2 Å². The summed E-state index contributed by atoms with van der Waals surface area (Å²) in [6, 6.07) is 8.75. The van der Waals surface area contributed by atoms with Crippen LogP contribution in [0.1, 0.15) is 39.5 Å². The van der Waals surface area contributed by atoms with Crippen molar-refractivity contribution < 1.29 is 4.74 Å². The predicted octanol–water partition coefficient (Wildman–Crippen LogP) is 3.80. The first kappa shape index (κ1) is 22.7. The number of fused-ring (bicyclic) bond motifs is 1. The van der Waals surface area contributed by atoms with Gasteiger partial charge in [-0.15, -0.1) is 0 Å². The number of benzene rings is 1. The van der Waals surface area contributed by atoms with E-state index >= 15 is 0 Å². The normalized spacial score (nSPS) is 23.6. The van der Waals surface area contributed by atoms with E-state index in [1.54, 1.807) is 6.33 Å². The van der Waals surface area contributed by atoms with Crippen LogP contribution in [-0.2, 0) is 0 Å². The van der Waals surface area contributed by atoms with Gasteiger partial charge in [-0.25, -0.2) is 9.97 Å². The van der Waals surface area contributed by atoms with Crippen LogP contribution in [-0.4, -0.2) is 87.9 Å². The van der Waals surface area contributed by atoms with Crippen molar-refractivity contribution in [1.29, 1.82) is 0 Å². The van der Waals surface area contributed by atoms with Gasteiger partial charge >= 0.3 is 0 Å². The minimum Gasteiger partial charge on any atom is -0.488 e. The third-order valence-corrected chi connectivity index (χ3v) is 8.17. The summed E-state index contributed by atoms with van der Waals surface area (Å²) in [6.07, 6.45) is 6.54. The summed E-state index contributed by atoms with van der Waals surface area (Å²) in [5.74, 6) is 2.70. The Morgan fingerprint density at radius 1 is 1.09 bits per heavy atom.